The highest BCUT2D eigenvalue weighted by atomic mass is 16.5. The van der Waals surface area contributed by atoms with Crippen LogP contribution in [0.4, 0.5) is 0 Å². The SMILES string of the molecule is CCC(C)(C)NC(=O)COC(=O)c1cccc(C(=O)OCC(=O)NC(C)(C)CC)n1. The minimum absolute atomic E-state index is 0.149. The number of rotatable bonds is 10. The zero-order valence-electron chi connectivity index (χ0n) is 18.5. The van der Waals surface area contributed by atoms with E-state index in [1.54, 1.807) is 0 Å². The zero-order chi connectivity index (χ0) is 22.9. The van der Waals surface area contributed by atoms with Crippen LogP contribution in [-0.4, -0.2) is 53.0 Å². The Labute approximate surface area is 176 Å². The fraction of sp³-hybridized carbons (Fsp3) is 0.571. The molecule has 166 valence electrons. The molecule has 30 heavy (non-hydrogen) atoms. The smallest absolute Gasteiger partial charge is 0.357 e. The Bertz CT molecular complexity index is 727. The summed E-state index contributed by atoms with van der Waals surface area (Å²) in [4.78, 5) is 51.9. The lowest BCUT2D eigenvalue weighted by atomic mass is 10.0. The van der Waals surface area contributed by atoms with Gasteiger partial charge in [0, 0.05) is 11.1 Å². The molecule has 0 aromatic carbocycles. The summed E-state index contributed by atoms with van der Waals surface area (Å²) in [5.41, 5.74) is -1.12. The maximum atomic E-state index is 12.1. The van der Waals surface area contributed by atoms with Gasteiger partial charge in [-0.3, -0.25) is 9.59 Å². The number of esters is 2. The van der Waals surface area contributed by atoms with Gasteiger partial charge in [-0.25, -0.2) is 14.6 Å². The number of nitrogens with one attached hydrogen (secondary N) is 2. The Morgan fingerprint density at radius 1 is 0.800 bits per heavy atom. The van der Waals surface area contributed by atoms with Gasteiger partial charge in [0.15, 0.2) is 13.2 Å². The molecule has 0 fully saturated rings. The lowest BCUT2D eigenvalue weighted by Gasteiger charge is -2.24. The van der Waals surface area contributed by atoms with Crippen molar-refractivity contribution in [3.8, 4) is 0 Å². The van der Waals surface area contributed by atoms with Crippen LogP contribution in [-0.2, 0) is 19.1 Å². The van der Waals surface area contributed by atoms with Crippen molar-refractivity contribution < 1.29 is 28.7 Å². The average Bonchev–Trinajstić information content (AvgIpc) is 2.69. The summed E-state index contributed by atoms with van der Waals surface area (Å²) < 4.78 is 9.90. The second-order valence-electron chi connectivity index (χ2n) is 8.13. The van der Waals surface area contributed by atoms with E-state index in [1.165, 1.54) is 18.2 Å². The minimum atomic E-state index is -0.850. The number of hydrogen-bond acceptors (Lipinski definition) is 7. The van der Waals surface area contributed by atoms with Crippen LogP contribution in [0.15, 0.2) is 18.2 Å². The predicted octanol–water partition coefficient (Wildman–Crippen LogP) is 2.00. The molecule has 1 rings (SSSR count). The largest absolute Gasteiger partial charge is 0.451 e. The molecule has 0 aliphatic carbocycles. The van der Waals surface area contributed by atoms with Gasteiger partial charge in [0.25, 0.3) is 11.8 Å². The van der Waals surface area contributed by atoms with Crippen molar-refractivity contribution in [2.45, 2.75) is 65.5 Å². The molecule has 1 heterocycles. The number of nitrogens with zero attached hydrogens (tertiary/aromatic N) is 1. The second-order valence-corrected chi connectivity index (χ2v) is 8.13. The fourth-order valence-electron chi connectivity index (χ4n) is 2.08. The van der Waals surface area contributed by atoms with E-state index >= 15 is 0 Å². The van der Waals surface area contributed by atoms with Gasteiger partial charge >= 0.3 is 11.9 Å². The van der Waals surface area contributed by atoms with Crippen LogP contribution in [0.3, 0.4) is 0 Å². The normalized spacial score (nSPS) is 11.4. The maximum Gasteiger partial charge on any atom is 0.357 e. The molecule has 0 saturated carbocycles. The molecule has 1 aromatic rings. The number of carbonyl (C=O) groups is 4. The van der Waals surface area contributed by atoms with Crippen molar-refractivity contribution in [2.24, 2.45) is 0 Å². The Kier molecular flexibility index (Phi) is 8.94. The fourth-order valence-corrected chi connectivity index (χ4v) is 2.08. The van der Waals surface area contributed by atoms with Gasteiger partial charge in [-0.1, -0.05) is 19.9 Å². The molecule has 0 bridgehead atoms. The molecule has 0 unspecified atom stereocenters. The third-order valence-corrected chi connectivity index (χ3v) is 4.56. The van der Waals surface area contributed by atoms with Gasteiger partial charge in [0.2, 0.25) is 0 Å². The third-order valence-electron chi connectivity index (χ3n) is 4.56. The van der Waals surface area contributed by atoms with Gasteiger partial charge in [-0.2, -0.15) is 0 Å². The highest BCUT2D eigenvalue weighted by Crippen LogP contribution is 2.08. The molecule has 0 spiro atoms. The summed E-state index contributed by atoms with van der Waals surface area (Å²) >= 11 is 0. The van der Waals surface area contributed by atoms with Gasteiger partial charge in [-0.15, -0.1) is 0 Å². The summed E-state index contributed by atoms with van der Waals surface area (Å²) in [6.07, 6.45) is 1.43. The van der Waals surface area contributed by atoms with Crippen LogP contribution in [0.5, 0.6) is 0 Å². The molecule has 0 atom stereocenters. The maximum absolute atomic E-state index is 12.1. The summed E-state index contributed by atoms with van der Waals surface area (Å²) in [6, 6.07) is 4.13. The van der Waals surface area contributed by atoms with E-state index in [9.17, 15) is 19.2 Å². The highest BCUT2D eigenvalue weighted by Gasteiger charge is 2.21. The lowest BCUT2D eigenvalue weighted by Crippen LogP contribution is -2.44. The molecule has 1 aromatic heterocycles. The van der Waals surface area contributed by atoms with Crippen LogP contribution in [0.1, 0.15) is 75.4 Å². The number of pyridine rings is 1. The van der Waals surface area contributed by atoms with E-state index in [1.807, 2.05) is 41.5 Å². The van der Waals surface area contributed by atoms with Crippen LogP contribution in [0.2, 0.25) is 0 Å². The van der Waals surface area contributed by atoms with Crippen LogP contribution < -0.4 is 10.6 Å². The second kappa shape index (κ2) is 10.7. The molecule has 2 N–H and O–H groups in total. The Hall–Kier alpha value is -2.97. The van der Waals surface area contributed by atoms with E-state index < -0.39 is 48.0 Å². The first-order valence-corrected chi connectivity index (χ1v) is 9.82. The van der Waals surface area contributed by atoms with E-state index in [-0.39, 0.29) is 11.4 Å². The van der Waals surface area contributed by atoms with E-state index in [4.69, 9.17) is 9.47 Å². The zero-order valence-corrected chi connectivity index (χ0v) is 18.5. The van der Waals surface area contributed by atoms with Crippen LogP contribution >= 0.6 is 0 Å². The van der Waals surface area contributed by atoms with Gasteiger partial charge in [0.1, 0.15) is 11.4 Å². The first kappa shape index (κ1) is 25.1. The van der Waals surface area contributed by atoms with Gasteiger partial charge in [0.05, 0.1) is 0 Å². The van der Waals surface area contributed by atoms with Crippen molar-refractivity contribution in [1.29, 1.82) is 0 Å². The molecule has 9 heteroatoms. The molecular weight excluding hydrogens is 390 g/mol. The van der Waals surface area contributed by atoms with Crippen molar-refractivity contribution in [3.05, 3.63) is 29.6 Å². The quantitative estimate of drug-likeness (QED) is 0.554. The number of aromatic nitrogens is 1. The number of carbonyl (C=O) groups excluding carboxylic acids is 4. The highest BCUT2D eigenvalue weighted by molar-refractivity contribution is 5.93. The molecule has 0 aliphatic heterocycles. The lowest BCUT2D eigenvalue weighted by molar-refractivity contribution is -0.126. The van der Waals surface area contributed by atoms with Crippen molar-refractivity contribution in [2.75, 3.05) is 13.2 Å². The summed E-state index contributed by atoms with van der Waals surface area (Å²) in [5.74, 6) is -2.58. The van der Waals surface area contributed by atoms with Crippen molar-refractivity contribution >= 4 is 23.8 Å². The predicted molar refractivity (Wildman–Crippen MR) is 110 cm³/mol. The van der Waals surface area contributed by atoms with Crippen LogP contribution in [0.25, 0.3) is 0 Å². The topological polar surface area (TPSA) is 124 Å². The van der Waals surface area contributed by atoms with E-state index in [0.29, 0.717) is 12.8 Å². The molecular formula is C21H31N3O6. The van der Waals surface area contributed by atoms with Gasteiger partial charge in [-0.05, 0) is 52.7 Å². The number of hydrogen-bond donors (Lipinski definition) is 2. The monoisotopic (exact) mass is 421 g/mol. The molecule has 0 radical (unpaired) electrons. The minimum Gasteiger partial charge on any atom is -0.451 e. The summed E-state index contributed by atoms with van der Waals surface area (Å²) in [6.45, 7) is 10.3. The van der Waals surface area contributed by atoms with E-state index in [0.717, 1.165) is 0 Å². The molecule has 2 amide bonds. The van der Waals surface area contributed by atoms with Crippen molar-refractivity contribution in [1.82, 2.24) is 15.6 Å². The van der Waals surface area contributed by atoms with Crippen molar-refractivity contribution in [3.63, 3.8) is 0 Å². The number of amides is 2. The first-order chi connectivity index (χ1) is 13.9. The molecule has 9 nitrogen and oxygen atoms in total. The van der Waals surface area contributed by atoms with E-state index in [2.05, 4.69) is 15.6 Å². The average molecular weight is 421 g/mol. The number of ether oxygens (including phenoxy) is 2. The third kappa shape index (κ3) is 8.59. The molecule has 0 aliphatic rings. The van der Waals surface area contributed by atoms with Gasteiger partial charge < -0.3 is 20.1 Å². The summed E-state index contributed by atoms with van der Waals surface area (Å²) in [5, 5.41) is 5.48. The Morgan fingerprint density at radius 2 is 1.17 bits per heavy atom. The standard InChI is InChI=1S/C21H31N3O6/c1-7-20(3,4)23-16(25)12-29-18(27)14-10-9-11-15(22-14)19(28)30-13-17(26)24-21(5,6)8-2/h9-11H,7-8,12-13H2,1-6H3,(H,23,25)(H,24,26). The summed E-state index contributed by atoms with van der Waals surface area (Å²) in [7, 11) is 0. The first-order valence-electron chi connectivity index (χ1n) is 9.82. The molecule has 0 saturated heterocycles. The Morgan fingerprint density at radius 3 is 1.50 bits per heavy atom. The Balaban J connectivity index is 2.62. The van der Waals surface area contributed by atoms with Crippen LogP contribution in [0, 0.1) is 0 Å².